The first-order valence-electron chi connectivity index (χ1n) is 18.2. The first-order valence-corrected chi connectivity index (χ1v) is 23.7. The van der Waals surface area contributed by atoms with E-state index in [4.69, 9.17) is 9.47 Å². The second-order valence-electron chi connectivity index (χ2n) is 17.7. The van der Waals surface area contributed by atoms with Crippen molar-refractivity contribution in [2.45, 2.75) is 144 Å². The molecule has 0 aliphatic carbocycles. The molecule has 4 aromatic carbocycles. The van der Waals surface area contributed by atoms with E-state index in [2.05, 4.69) is 163 Å². The molecule has 292 valence electrons. The number of hydrogen-bond donors (Lipinski definition) is 2. The molecular weight excluding hydrogens is 881 g/mol. The molecule has 0 fully saturated rings. The van der Waals surface area contributed by atoms with Gasteiger partial charge in [-0.15, -0.1) is 0 Å². The maximum Gasteiger partial charge on any atom is 0.147 e. The number of phenols is 2. The molecule has 54 heavy (non-hydrogen) atoms. The fourth-order valence-electron chi connectivity index (χ4n) is 5.70. The lowest BCUT2D eigenvalue weighted by Crippen LogP contribution is -2.13. The highest BCUT2D eigenvalue weighted by Gasteiger charge is 2.29. The molecule has 0 unspecified atom stereocenters. The minimum atomic E-state index is -0.183. The van der Waals surface area contributed by atoms with Gasteiger partial charge in [-0.1, -0.05) is 162 Å². The molecule has 0 atom stereocenters. The Balaban J connectivity index is 1.95. The number of ether oxygens (including phenoxy) is 2. The smallest absolute Gasteiger partial charge is 0.147 e. The first kappa shape index (κ1) is 43.6. The fraction of sp³-hybridized carbons (Fsp3) is 0.455. The fourth-order valence-corrected chi connectivity index (χ4v) is 10.6. The maximum atomic E-state index is 12.3. The zero-order chi connectivity index (χ0) is 40.0. The van der Waals surface area contributed by atoms with Crippen molar-refractivity contribution in [3.63, 3.8) is 0 Å². The molecule has 0 amide bonds. The van der Waals surface area contributed by atoms with E-state index in [1.165, 1.54) is 47.0 Å². The summed E-state index contributed by atoms with van der Waals surface area (Å²) in [4.78, 5) is 6.67. The number of benzene rings is 4. The van der Waals surface area contributed by atoms with Gasteiger partial charge in [-0.25, -0.2) is 0 Å². The van der Waals surface area contributed by atoms with Crippen molar-refractivity contribution in [1.29, 1.82) is 0 Å². The van der Waals surface area contributed by atoms with Gasteiger partial charge in [0.25, 0.3) is 0 Å². The predicted molar refractivity (Wildman–Crippen MR) is 239 cm³/mol. The van der Waals surface area contributed by atoms with E-state index >= 15 is 0 Å². The number of fused-ring (bicyclic) bond motifs is 8. The minimum Gasteiger partial charge on any atom is -0.506 e. The Morgan fingerprint density at radius 2 is 0.611 bits per heavy atom. The number of phenolic OH excluding ortho intramolecular Hbond substituents is 2. The van der Waals surface area contributed by atoms with E-state index in [-0.39, 0.29) is 33.2 Å². The van der Waals surface area contributed by atoms with E-state index in [0.29, 0.717) is 23.9 Å². The van der Waals surface area contributed by atoms with Gasteiger partial charge in [0.15, 0.2) is 0 Å². The molecule has 0 saturated heterocycles. The van der Waals surface area contributed by atoms with Crippen LogP contribution in [0.3, 0.4) is 0 Å². The van der Waals surface area contributed by atoms with Crippen LogP contribution in [-0.2, 0) is 21.7 Å². The van der Waals surface area contributed by atoms with Crippen LogP contribution < -0.4 is 9.47 Å². The van der Waals surface area contributed by atoms with Crippen molar-refractivity contribution in [3.8, 4) is 23.0 Å². The van der Waals surface area contributed by atoms with Gasteiger partial charge in [-0.05, 0) is 92.4 Å². The van der Waals surface area contributed by atoms with Crippen LogP contribution in [0.4, 0.5) is 0 Å². The van der Waals surface area contributed by atoms with Gasteiger partial charge in [0, 0.05) is 10.7 Å². The minimum absolute atomic E-state index is 0.176. The molecule has 5 rings (SSSR count). The lowest BCUT2D eigenvalue weighted by Gasteiger charge is -2.27. The third kappa shape index (κ3) is 10.1. The topological polar surface area (TPSA) is 58.9 Å². The van der Waals surface area contributed by atoms with E-state index in [0.717, 1.165) is 72.9 Å². The van der Waals surface area contributed by atoms with Crippen molar-refractivity contribution in [1.82, 2.24) is 0 Å². The van der Waals surface area contributed by atoms with Crippen molar-refractivity contribution in [3.05, 3.63) is 70.8 Å². The molecule has 0 spiro atoms. The third-order valence-electron chi connectivity index (χ3n) is 9.11. The summed E-state index contributed by atoms with van der Waals surface area (Å²) in [5.74, 6) is 1.93. The van der Waals surface area contributed by atoms with Gasteiger partial charge >= 0.3 is 0 Å². The maximum absolute atomic E-state index is 12.3. The molecular formula is C44H54Br2O4S4. The second kappa shape index (κ2) is 16.7. The monoisotopic (exact) mass is 932 g/mol. The molecule has 10 heteroatoms. The van der Waals surface area contributed by atoms with Crippen molar-refractivity contribution >= 4 is 78.9 Å². The SMILES string of the molecule is CC(C)(C)c1cc2c(O)c(c1)Sc1cc(C(C)(C)C)cc(c1OCCBr)Sc1cc(C(C)(C)C)cc(c1O)Sc1cc(C(C)(C)C)cc(c1OCCBr)S2. The zero-order valence-corrected chi connectivity index (χ0v) is 40.0. The van der Waals surface area contributed by atoms with Crippen LogP contribution in [-0.4, -0.2) is 34.1 Å². The number of rotatable bonds is 6. The highest BCUT2D eigenvalue weighted by molar-refractivity contribution is 9.09. The summed E-state index contributed by atoms with van der Waals surface area (Å²) in [5, 5.41) is 25.9. The summed E-state index contributed by atoms with van der Waals surface area (Å²) in [6.45, 7) is 27.4. The Morgan fingerprint density at radius 1 is 0.407 bits per heavy atom. The van der Waals surface area contributed by atoms with Gasteiger partial charge in [-0.3, -0.25) is 0 Å². The Hall–Kier alpha value is -1.56. The average Bonchev–Trinajstić information content (AvgIpc) is 3.04. The van der Waals surface area contributed by atoms with Gasteiger partial charge in [0.05, 0.1) is 52.4 Å². The standard InChI is InChI=1S/C44H54Br2O4S4/c1-41(2,3)25-17-29-37(47)30(18-25)52-34-22-28(44(10,11)12)24-36(40(34)50-16-14-46)54-32-20-26(42(4,5)6)19-31(38(32)48)53-35-23-27(43(7,8)9)21-33(51-29)39(35)49-15-13-45/h17-24,47-48H,13-16H2,1-12H3. The van der Waals surface area contributed by atoms with E-state index in [1.807, 2.05) is 0 Å². The van der Waals surface area contributed by atoms with E-state index in [9.17, 15) is 10.2 Å². The molecule has 1 aliphatic heterocycles. The molecule has 8 bridgehead atoms. The van der Waals surface area contributed by atoms with Crippen LogP contribution in [0.25, 0.3) is 0 Å². The Kier molecular flexibility index (Phi) is 13.5. The quantitative estimate of drug-likeness (QED) is 0.163. The van der Waals surface area contributed by atoms with Crippen molar-refractivity contribution in [2.75, 3.05) is 23.9 Å². The molecule has 4 nitrogen and oxygen atoms in total. The van der Waals surface area contributed by atoms with Gasteiger partial charge in [0.2, 0.25) is 0 Å². The number of hydrogen-bond acceptors (Lipinski definition) is 8. The molecule has 1 aliphatic rings. The van der Waals surface area contributed by atoms with E-state index < -0.39 is 0 Å². The lowest BCUT2D eigenvalue weighted by molar-refractivity contribution is 0.327. The second-order valence-corrected chi connectivity index (χ2v) is 23.6. The lowest BCUT2D eigenvalue weighted by atomic mass is 9.87. The number of aromatic hydroxyl groups is 2. The highest BCUT2D eigenvalue weighted by Crippen LogP contribution is 2.56. The van der Waals surface area contributed by atoms with Crippen LogP contribution in [0, 0.1) is 0 Å². The van der Waals surface area contributed by atoms with Crippen LogP contribution in [0.2, 0.25) is 0 Å². The van der Waals surface area contributed by atoms with Gasteiger partial charge < -0.3 is 19.7 Å². The summed E-state index contributed by atoms with van der Waals surface area (Å²) in [5.41, 5.74) is 3.80. The third-order valence-corrected chi connectivity index (χ3v) is 14.0. The summed E-state index contributed by atoms with van der Waals surface area (Å²) in [6, 6.07) is 17.3. The Bertz CT molecular complexity index is 1780. The summed E-state index contributed by atoms with van der Waals surface area (Å²) in [7, 11) is 0. The Morgan fingerprint density at radius 3 is 0.796 bits per heavy atom. The summed E-state index contributed by atoms with van der Waals surface area (Å²) in [6.07, 6.45) is 0. The molecule has 2 N–H and O–H groups in total. The normalized spacial score (nSPS) is 13.9. The average molecular weight is 935 g/mol. The first-order chi connectivity index (χ1) is 25.0. The highest BCUT2D eigenvalue weighted by atomic mass is 79.9. The number of alkyl halides is 2. The molecule has 0 aromatic heterocycles. The molecule has 0 radical (unpaired) electrons. The van der Waals surface area contributed by atoms with Crippen LogP contribution in [0.5, 0.6) is 23.0 Å². The van der Waals surface area contributed by atoms with Crippen LogP contribution >= 0.6 is 78.9 Å². The van der Waals surface area contributed by atoms with Gasteiger partial charge in [-0.2, -0.15) is 0 Å². The van der Waals surface area contributed by atoms with Gasteiger partial charge in [0.1, 0.15) is 23.0 Å². The predicted octanol–water partition coefficient (Wildman–Crippen LogP) is 14.8. The number of halogens is 2. The molecule has 4 aromatic rings. The zero-order valence-electron chi connectivity index (χ0n) is 33.5. The Labute approximate surface area is 357 Å². The van der Waals surface area contributed by atoms with Crippen LogP contribution in [0.15, 0.2) is 87.7 Å². The summed E-state index contributed by atoms with van der Waals surface area (Å²) >= 11 is 13.3. The molecule has 1 heterocycles. The largest absolute Gasteiger partial charge is 0.506 e. The molecule has 0 saturated carbocycles. The van der Waals surface area contributed by atoms with Crippen LogP contribution in [0.1, 0.15) is 105 Å². The van der Waals surface area contributed by atoms with E-state index in [1.54, 1.807) is 0 Å². The summed E-state index contributed by atoms with van der Waals surface area (Å²) < 4.78 is 13.2. The van der Waals surface area contributed by atoms with Crippen molar-refractivity contribution < 1.29 is 19.7 Å². The van der Waals surface area contributed by atoms with Crippen molar-refractivity contribution in [2.24, 2.45) is 0 Å².